The Balaban J connectivity index is 2.23. The summed E-state index contributed by atoms with van der Waals surface area (Å²) in [6.07, 6.45) is 0. The summed E-state index contributed by atoms with van der Waals surface area (Å²) in [7, 11) is 1.59. The zero-order valence-corrected chi connectivity index (χ0v) is 11.1. The van der Waals surface area contributed by atoms with Gasteiger partial charge in [0.05, 0.1) is 6.61 Å². The molecule has 1 heterocycles. The van der Waals surface area contributed by atoms with Crippen molar-refractivity contribution in [3.8, 4) is 0 Å². The second kappa shape index (κ2) is 5.69. The summed E-state index contributed by atoms with van der Waals surface area (Å²) in [5.74, 6) is -0.447. The van der Waals surface area contributed by atoms with E-state index in [0.29, 0.717) is 12.3 Å². The number of benzene rings is 1. The fourth-order valence-electron chi connectivity index (χ4n) is 1.40. The van der Waals surface area contributed by atoms with Crippen molar-refractivity contribution in [2.75, 3.05) is 12.4 Å². The highest BCUT2D eigenvalue weighted by Gasteiger charge is 2.14. The van der Waals surface area contributed by atoms with E-state index in [9.17, 15) is 4.79 Å². The van der Waals surface area contributed by atoms with Gasteiger partial charge in [0.15, 0.2) is 0 Å². The smallest absolute Gasteiger partial charge is 0.297 e. The Hall–Kier alpha value is -1.80. The Morgan fingerprint density at radius 1 is 1.56 bits per heavy atom. The summed E-state index contributed by atoms with van der Waals surface area (Å²) in [5.41, 5.74) is 1.48. The molecule has 1 aromatic heterocycles. The van der Waals surface area contributed by atoms with Crippen LogP contribution in [-0.2, 0) is 11.3 Å². The predicted molar refractivity (Wildman–Crippen MR) is 67.0 cm³/mol. The molecule has 2 rings (SSSR count). The molecule has 2 aromatic rings. The van der Waals surface area contributed by atoms with Crippen LogP contribution in [0.3, 0.4) is 0 Å². The topological polar surface area (TPSA) is 92.8 Å². The van der Waals surface area contributed by atoms with Crippen molar-refractivity contribution in [2.45, 2.75) is 6.61 Å². The van der Waals surface area contributed by atoms with Crippen LogP contribution >= 0.6 is 15.9 Å². The highest BCUT2D eigenvalue weighted by atomic mass is 79.9. The summed E-state index contributed by atoms with van der Waals surface area (Å²) in [5, 5.41) is 15.5. The van der Waals surface area contributed by atoms with Crippen molar-refractivity contribution in [1.82, 2.24) is 20.6 Å². The van der Waals surface area contributed by atoms with Crippen molar-refractivity contribution in [3.63, 3.8) is 0 Å². The number of rotatable bonds is 4. The van der Waals surface area contributed by atoms with Crippen molar-refractivity contribution >= 4 is 27.5 Å². The largest absolute Gasteiger partial charge is 0.380 e. The van der Waals surface area contributed by atoms with Gasteiger partial charge < -0.3 is 10.1 Å². The molecule has 7 nitrogen and oxygen atoms in total. The van der Waals surface area contributed by atoms with Gasteiger partial charge in [-0.2, -0.15) is 5.21 Å². The summed E-state index contributed by atoms with van der Waals surface area (Å²) < 4.78 is 5.95. The third-order valence-electron chi connectivity index (χ3n) is 2.20. The maximum Gasteiger partial charge on any atom is 0.297 e. The summed E-state index contributed by atoms with van der Waals surface area (Å²) in [6, 6.07) is 5.46. The monoisotopic (exact) mass is 311 g/mol. The molecular formula is C10H10BrN5O2. The molecule has 8 heteroatoms. The van der Waals surface area contributed by atoms with Crippen LogP contribution in [0.2, 0.25) is 0 Å². The van der Waals surface area contributed by atoms with E-state index in [1.165, 1.54) is 0 Å². The lowest BCUT2D eigenvalue weighted by molar-refractivity contribution is 0.101. The zero-order chi connectivity index (χ0) is 13.0. The van der Waals surface area contributed by atoms with Crippen molar-refractivity contribution in [2.24, 2.45) is 0 Å². The Labute approximate surface area is 111 Å². The first kappa shape index (κ1) is 12.7. The molecule has 0 bridgehead atoms. The van der Waals surface area contributed by atoms with Crippen LogP contribution in [0.15, 0.2) is 22.7 Å². The zero-order valence-electron chi connectivity index (χ0n) is 9.48. The lowest BCUT2D eigenvalue weighted by Gasteiger charge is -2.11. The molecule has 0 aliphatic rings. The van der Waals surface area contributed by atoms with E-state index in [4.69, 9.17) is 4.74 Å². The minimum Gasteiger partial charge on any atom is -0.380 e. The number of hydrogen-bond acceptors (Lipinski definition) is 5. The molecule has 94 valence electrons. The number of nitrogens with one attached hydrogen (secondary N) is 2. The van der Waals surface area contributed by atoms with Gasteiger partial charge >= 0.3 is 0 Å². The second-order valence-electron chi connectivity index (χ2n) is 3.39. The number of hydrogen-bond donors (Lipinski definition) is 2. The quantitative estimate of drug-likeness (QED) is 0.889. The van der Waals surface area contributed by atoms with Crippen LogP contribution < -0.4 is 5.32 Å². The number of aromatic amines is 1. The number of aromatic nitrogens is 4. The highest BCUT2D eigenvalue weighted by molar-refractivity contribution is 9.10. The number of tetrazole rings is 1. The molecule has 1 amide bonds. The molecule has 18 heavy (non-hydrogen) atoms. The second-order valence-corrected chi connectivity index (χ2v) is 4.24. The Bertz CT molecular complexity index is 543. The van der Waals surface area contributed by atoms with Gasteiger partial charge in [0, 0.05) is 22.8 Å². The van der Waals surface area contributed by atoms with Gasteiger partial charge in [0.25, 0.3) is 11.7 Å². The number of anilines is 1. The van der Waals surface area contributed by atoms with Crippen molar-refractivity contribution in [3.05, 3.63) is 34.1 Å². The van der Waals surface area contributed by atoms with E-state index in [2.05, 4.69) is 41.9 Å². The molecule has 2 N–H and O–H groups in total. The fraction of sp³-hybridized carbons (Fsp3) is 0.200. The minimum absolute atomic E-state index is 0.0154. The number of nitrogens with zero attached hydrogens (tertiary/aromatic N) is 3. The predicted octanol–water partition coefficient (Wildman–Crippen LogP) is 1.36. The maximum absolute atomic E-state index is 11.8. The van der Waals surface area contributed by atoms with Crippen molar-refractivity contribution in [1.29, 1.82) is 0 Å². The Morgan fingerprint density at radius 2 is 2.39 bits per heavy atom. The first-order valence-corrected chi connectivity index (χ1v) is 5.83. The van der Waals surface area contributed by atoms with Gasteiger partial charge in [-0.15, -0.1) is 10.2 Å². The normalized spacial score (nSPS) is 10.3. The molecule has 0 saturated carbocycles. The van der Waals surface area contributed by atoms with Crippen LogP contribution in [0.25, 0.3) is 0 Å². The Kier molecular flexibility index (Phi) is 4.00. The maximum atomic E-state index is 11.8. The molecule has 0 aliphatic carbocycles. The number of methoxy groups -OCH3 is 1. The van der Waals surface area contributed by atoms with Gasteiger partial charge in [-0.25, -0.2) is 0 Å². The molecule has 0 atom stereocenters. The van der Waals surface area contributed by atoms with E-state index in [-0.39, 0.29) is 5.82 Å². The van der Waals surface area contributed by atoms with Crippen LogP contribution in [0.1, 0.15) is 16.2 Å². The van der Waals surface area contributed by atoms with Gasteiger partial charge in [-0.05, 0) is 17.3 Å². The number of carbonyl (C=O) groups excluding carboxylic acids is 1. The van der Waals surface area contributed by atoms with Crippen LogP contribution in [0.4, 0.5) is 5.69 Å². The molecule has 0 radical (unpaired) electrons. The average Bonchev–Trinajstić information content (AvgIpc) is 2.87. The summed E-state index contributed by atoms with van der Waals surface area (Å²) in [6.45, 7) is 0.378. The standard InChI is InChI=1S/C10H10BrN5O2/c1-18-5-6-7(11)3-2-4-8(6)12-10(17)9-13-15-16-14-9/h2-4H,5H2,1H3,(H,12,17)(H,13,14,15,16). The molecular weight excluding hydrogens is 302 g/mol. The molecule has 0 spiro atoms. The fourth-order valence-corrected chi connectivity index (χ4v) is 1.88. The number of halogens is 1. The molecule has 0 aliphatic heterocycles. The van der Waals surface area contributed by atoms with Gasteiger partial charge in [-0.1, -0.05) is 22.0 Å². The minimum atomic E-state index is -0.431. The van der Waals surface area contributed by atoms with Crippen LogP contribution in [-0.4, -0.2) is 33.6 Å². The van der Waals surface area contributed by atoms with Gasteiger partial charge in [0.2, 0.25) is 0 Å². The molecule has 0 saturated heterocycles. The SMILES string of the molecule is COCc1c(Br)cccc1NC(=O)c1nn[nH]n1. The third-order valence-corrected chi connectivity index (χ3v) is 2.95. The number of ether oxygens (including phenoxy) is 1. The third kappa shape index (κ3) is 2.71. The van der Waals surface area contributed by atoms with E-state index in [0.717, 1.165) is 10.0 Å². The molecule has 0 unspecified atom stereocenters. The Morgan fingerprint density at radius 3 is 3.06 bits per heavy atom. The number of H-pyrrole nitrogens is 1. The van der Waals surface area contributed by atoms with Crippen LogP contribution in [0.5, 0.6) is 0 Å². The number of amides is 1. The van der Waals surface area contributed by atoms with Crippen LogP contribution in [0, 0.1) is 0 Å². The summed E-state index contributed by atoms with van der Waals surface area (Å²) in [4.78, 5) is 11.8. The summed E-state index contributed by atoms with van der Waals surface area (Å²) >= 11 is 3.41. The first-order chi connectivity index (χ1) is 8.72. The van der Waals surface area contributed by atoms with E-state index < -0.39 is 5.91 Å². The van der Waals surface area contributed by atoms with E-state index >= 15 is 0 Å². The number of carbonyl (C=O) groups is 1. The van der Waals surface area contributed by atoms with E-state index in [1.807, 2.05) is 12.1 Å². The van der Waals surface area contributed by atoms with E-state index in [1.54, 1.807) is 13.2 Å². The van der Waals surface area contributed by atoms with Crippen molar-refractivity contribution < 1.29 is 9.53 Å². The molecule has 0 fully saturated rings. The molecule has 1 aromatic carbocycles. The first-order valence-electron chi connectivity index (χ1n) is 5.03. The highest BCUT2D eigenvalue weighted by Crippen LogP contribution is 2.25. The lowest BCUT2D eigenvalue weighted by atomic mass is 10.2. The van der Waals surface area contributed by atoms with Gasteiger partial charge in [0.1, 0.15) is 0 Å². The lowest BCUT2D eigenvalue weighted by Crippen LogP contribution is -2.15. The average molecular weight is 312 g/mol. The van der Waals surface area contributed by atoms with Gasteiger partial charge in [-0.3, -0.25) is 4.79 Å².